The predicted molar refractivity (Wildman–Crippen MR) is 104 cm³/mol. The van der Waals surface area contributed by atoms with Gasteiger partial charge in [-0.15, -0.1) is 0 Å². The first kappa shape index (κ1) is 20.6. The maximum absolute atomic E-state index is 12.0. The Bertz CT molecular complexity index is 755. The zero-order valence-corrected chi connectivity index (χ0v) is 16.0. The molecular formula is C22H26O5. The van der Waals surface area contributed by atoms with Crippen LogP contribution in [0.25, 0.3) is 0 Å². The van der Waals surface area contributed by atoms with Crippen molar-refractivity contribution < 1.29 is 24.2 Å². The summed E-state index contributed by atoms with van der Waals surface area (Å²) in [5, 5.41) is 9.75. The van der Waals surface area contributed by atoms with Crippen LogP contribution in [0.5, 0.6) is 11.5 Å². The molecule has 0 amide bonds. The number of ketones is 2. The first-order valence-electron chi connectivity index (χ1n) is 8.97. The standard InChI is InChI=1S/C22H26O5/c1-16(23)4-5-17-6-10-19(11-7-17)26-14-15-27-20-12-8-18(9-13-20)21(24)22(2,3)25/h6-13,25H,4-5,14-15H2,1-3H3. The largest absolute Gasteiger partial charge is 0.490 e. The van der Waals surface area contributed by atoms with Gasteiger partial charge in [0.2, 0.25) is 0 Å². The smallest absolute Gasteiger partial charge is 0.193 e. The van der Waals surface area contributed by atoms with Gasteiger partial charge in [0, 0.05) is 12.0 Å². The number of hydrogen-bond donors (Lipinski definition) is 1. The van der Waals surface area contributed by atoms with E-state index in [-0.39, 0.29) is 11.6 Å². The van der Waals surface area contributed by atoms with Crippen molar-refractivity contribution in [1.29, 1.82) is 0 Å². The molecule has 0 heterocycles. The molecule has 0 aromatic heterocycles. The van der Waals surface area contributed by atoms with Gasteiger partial charge in [-0.1, -0.05) is 12.1 Å². The van der Waals surface area contributed by atoms with E-state index in [1.807, 2.05) is 24.3 Å². The van der Waals surface area contributed by atoms with Crippen LogP contribution < -0.4 is 9.47 Å². The summed E-state index contributed by atoms with van der Waals surface area (Å²) in [5.41, 5.74) is 0.156. The molecule has 2 aromatic carbocycles. The van der Waals surface area contributed by atoms with Crippen LogP contribution in [0.1, 0.15) is 43.1 Å². The minimum atomic E-state index is -1.39. The molecule has 2 rings (SSSR count). The third kappa shape index (κ3) is 6.87. The fourth-order valence-corrected chi connectivity index (χ4v) is 2.45. The Labute approximate surface area is 159 Å². The van der Waals surface area contributed by atoms with Gasteiger partial charge in [-0.25, -0.2) is 0 Å². The van der Waals surface area contributed by atoms with E-state index in [0.29, 0.717) is 30.9 Å². The van der Waals surface area contributed by atoms with Crippen molar-refractivity contribution >= 4 is 11.6 Å². The molecule has 5 heteroatoms. The summed E-state index contributed by atoms with van der Waals surface area (Å²) >= 11 is 0. The third-order valence-corrected chi connectivity index (χ3v) is 3.98. The van der Waals surface area contributed by atoms with Gasteiger partial charge >= 0.3 is 0 Å². The predicted octanol–water partition coefficient (Wildman–Crippen LogP) is 3.62. The molecular weight excluding hydrogens is 344 g/mol. The topological polar surface area (TPSA) is 72.8 Å². The molecule has 0 unspecified atom stereocenters. The van der Waals surface area contributed by atoms with Gasteiger partial charge in [-0.2, -0.15) is 0 Å². The number of carbonyl (C=O) groups excluding carboxylic acids is 2. The van der Waals surface area contributed by atoms with Gasteiger partial charge in [0.25, 0.3) is 0 Å². The first-order valence-corrected chi connectivity index (χ1v) is 8.97. The SMILES string of the molecule is CC(=O)CCc1ccc(OCCOc2ccc(C(=O)C(C)(C)O)cc2)cc1. The van der Waals surface area contributed by atoms with Crippen LogP contribution in [-0.2, 0) is 11.2 Å². The highest BCUT2D eigenvalue weighted by Gasteiger charge is 2.24. The van der Waals surface area contributed by atoms with Gasteiger partial charge < -0.3 is 19.4 Å². The van der Waals surface area contributed by atoms with E-state index in [4.69, 9.17) is 9.47 Å². The summed E-state index contributed by atoms with van der Waals surface area (Å²) in [4.78, 5) is 23.0. The lowest BCUT2D eigenvalue weighted by Crippen LogP contribution is -2.30. The molecule has 0 saturated heterocycles. The Balaban J connectivity index is 1.75. The summed E-state index contributed by atoms with van der Waals surface area (Å²) in [7, 11) is 0. The average Bonchev–Trinajstić information content (AvgIpc) is 2.63. The second-order valence-electron chi connectivity index (χ2n) is 6.96. The van der Waals surface area contributed by atoms with Crippen LogP contribution in [0, 0.1) is 0 Å². The normalized spacial score (nSPS) is 11.1. The number of aryl methyl sites for hydroxylation is 1. The third-order valence-electron chi connectivity index (χ3n) is 3.98. The zero-order chi connectivity index (χ0) is 19.9. The monoisotopic (exact) mass is 370 g/mol. The molecule has 27 heavy (non-hydrogen) atoms. The zero-order valence-electron chi connectivity index (χ0n) is 16.0. The van der Waals surface area contributed by atoms with Crippen molar-refractivity contribution in [3.63, 3.8) is 0 Å². The number of carbonyl (C=O) groups is 2. The van der Waals surface area contributed by atoms with Crippen molar-refractivity contribution in [2.75, 3.05) is 13.2 Å². The maximum Gasteiger partial charge on any atom is 0.193 e. The molecule has 1 N–H and O–H groups in total. The Kier molecular flexibility index (Phi) is 7.13. The highest BCUT2D eigenvalue weighted by Crippen LogP contribution is 2.17. The van der Waals surface area contributed by atoms with E-state index < -0.39 is 5.60 Å². The summed E-state index contributed by atoms with van der Waals surface area (Å²) in [6.07, 6.45) is 1.29. The quantitative estimate of drug-likeness (QED) is 0.511. The van der Waals surface area contributed by atoms with Gasteiger partial charge in [-0.05, 0) is 69.2 Å². The second-order valence-corrected chi connectivity index (χ2v) is 6.96. The number of rotatable bonds is 10. The first-order chi connectivity index (χ1) is 12.8. The number of aliphatic hydroxyl groups is 1. The lowest BCUT2D eigenvalue weighted by atomic mass is 9.97. The lowest BCUT2D eigenvalue weighted by Gasteiger charge is -2.15. The van der Waals surface area contributed by atoms with Crippen LogP contribution >= 0.6 is 0 Å². The highest BCUT2D eigenvalue weighted by molar-refractivity contribution is 6.01. The van der Waals surface area contributed by atoms with Crippen molar-refractivity contribution in [2.24, 2.45) is 0 Å². The van der Waals surface area contributed by atoms with E-state index in [1.165, 1.54) is 13.8 Å². The fraction of sp³-hybridized carbons (Fsp3) is 0.364. The lowest BCUT2D eigenvalue weighted by molar-refractivity contribution is -0.116. The molecule has 0 spiro atoms. The molecule has 0 bridgehead atoms. The van der Waals surface area contributed by atoms with E-state index >= 15 is 0 Å². The number of benzene rings is 2. The van der Waals surface area contributed by atoms with Gasteiger partial charge in [0.1, 0.15) is 36.1 Å². The summed E-state index contributed by atoms with van der Waals surface area (Å²) in [5.74, 6) is 1.23. The van der Waals surface area contributed by atoms with Crippen LogP contribution in [0.2, 0.25) is 0 Å². The molecule has 5 nitrogen and oxygen atoms in total. The van der Waals surface area contributed by atoms with Crippen LogP contribution in [0.15, 0.2) is 48.5 Å². The Hall–Kier alpha value is -2.66. The Morgan fingerprint density at radius 2 is 1.37 bits per heavy atom. The number of hydrogen-bond acceptors (Lipinski definition) is 5. The highest BCUT2D eigenvalue weighted by atomic mass is 16.5. The molecule has 0 aliphatic rings. The van der Waals surface area contributed by atoms with E-state index in [1.54, 1.807) is 31.2 Å². The number of ether oxygens (including phenoxy) is 2. The average molecular weight is 370 g/mol. The van der Waals surface area contributed by atoms with Crippen LogP contribution in [0.3, 0.4) is 0 Å². The van der Waals surface area contributed by atoms with E-state index in [9.17, 15) is 14.7 Å². The maximum atomic E-state index is 12.0. The van der Waals surface area contributed by atoms with E-state index in [0.717, 1.165) is 17.7 Å². The summed E-state index contributed by atoms with van der Waals surface area (Å²) in [6, 6.07) is 14.3. The summed E-state index contributed by atoms with van der Waals surface area (Å²) in [6.45, 7) is 5.28. The molecule has 0 aliphatic carbocycles. The van der Waals surface area contributed by atoms with Gasteiger partial charge in [-0.3, -0.25) is 4.79 Å². The fourth-order valence-electron chi connectivity index (χ4n) is 2.45. The van der Waals surface area contributed by atoms with Crippen LogP contribution in [-0.4, -0.2) is 35.5 Å². The molecule has 0 saturated carbocycles. The Morgan fingerprint density at radius 1 is 0.889 bits per heavy atom. The Morgan fingerprint density at radius 3 is 1.81 bits per heavy atom. The van der Waals surface area contributed by atoms with Crippen molar-refractivity contribution in [1.82, 2.24) is 0 Å². The molecule has 144 valence electrons. The molecule has 0 radical (unpaired) electrons. The molecule has 0 aliphatic heterocycles. The number of Topliss-reactive ketones (excluding diaryl/α,β-unsaturated/α-hetero) is 2. The van der Waals surface area contributed by atoms with Crippen molar-refractivity contribution in [2.45, 2.75) is 39.2 Å². The molecule has 2 aromatic rings. The van der Waals surface area contributed by atoms with Crippen LogP contribution in [0.4, 0.5) is 0 Å². The van der Waals surface area contributed by atoms with Crippen molar-refractivity contribution in [3.05, 3.63) is 59.7 Å². The summed E-state index contributed by atoms with van der Waals surface area (Å²) < 4.78 is 11.2. The van der Waals surface area contributed by atoms with Gasteiger partial charge in [0.05, 0.1) is 0 Å². The van der Waals surface area contributed by atoms with Crippen molar-refractivity contribution in [3.8, 4) is 11.5 Å². The minimum Gasteiger partial charge on any atom is -0.490 e. The minimum absolute atomic E-state index is 0.185. The van der Waals surface area contributed by atoms with Gasteiger partial charge in [0.15, 0.2) is 5.78 Å². The molecule has 0 fully saturated rings. The second kappa shape index (κ2) is 9.33. The molecule has 0 atom stereocenters. The van der Waals surface area contributed by atoms with E-state index in [2.05, 4.69) is 0 Å².